The fourth-order valence-corrected chi connectivity index (χ4v) is 3.92. The second-order valence-electron chi connectivity index (χ2n) is 6.37. The Hall–Kier alpha value is -0.520. The van der Waals surface area contributed by atoms with Crippen LogP contribution in [0.3, 0.4) is 0 Å². The summed E-state index contributed by atoms with van der Waals surface area (Å²) in [5, 5.41) is 0. The van der Waals surface area contributed by atoms with E-state index >= 15 is 0 Å². The molecule has 102 valence electrons. The largest absolute Gasteiger partial charge is 0.103 e. The molecule has 0 atom stereocenters. The Kier molecular flexibility index (Phi) is 6.04. The standard InChI is InChI=1S/C18H30/c1-2-3-4-6-9-16-12-14-18(15-13-16)17-10-7-5-8-11-17/h2,6,9,16-18H,1,3-5,7-8,10-15H2. The topological polar surface area (TPSA) is 0 Å². The monoisotopic (exact) mass is 246 g/mol. The van der Waals surface area contributed by atoms with Crippen LogP contribution in [0.2, 0.25) is 0 Å². The van der Waals surface area contributed by atoms with Crippen LogP contribution in [-0.4, -0.2) is 0 Å². The summed E-state index contributed by atoms with van der Waals surface area (Å²) < 4.78 is 0. The Balaban J connectivity index is 1.67. The van der Waals surface area contributed by atoms with Crippen LogP contribution >= 0.6 is 0 Å². The molecule has 0 spiro atoms. The van der Waals surface area contributed by atoms with E-state index < -0.39 is 0 Å². The normalized spacial score (nSPS) is 30.7. The Bertz CT molecular complexity index is 249. The summed E-state index contributed by atoms with van der Waals surface area (Å²) in [5.74, 6) is 3.04. The van der Waals surface area contributed by atoms with Gasteiger partial charge in [0.1, 0.15) is 0 Å². The van der Waals surface area contributed by atoms with E-state index in [4.69, 9.17) is 0 Å². The molecule has 2 saturated carbocycles. The maximum Gasteiger partial charge on any atom is -0.0233 e. The summed E-state index contributed by atoms with van der Waals surface area (Å²) in [4.78, 5) is 0. The average molecular weight is 246 g/mol. The summed E-state index contributed by atoms with van der Waals surface area (Å²) >= 11 is 0. The molecule has 0 heterocycles. The first-order chi connectivity index (χ1) is 8.90. The minimum atomic E-state index is 0.884. The van der Waals surface area contributed by atoms with Gasteiger partial charge in [-0.1, -0.05) is 50.3 Å². The van der Waals surface area contributed by atoms with E-state index in [2.05, 4.69) is 18.7 Å². The van der Waals surface area contributed by atoms with Crippen LogP contribution in [0.25, 0.3) is 0 Å². The third kappa shape index (κ3) is 4.30. The predicted molar refractivity (Wildman–Crippen MR) is 80.6 cm³/mol. The van der Waals surface area contributed by atoms with Crippen LogP contribution in [0.1, 0.15) is 70.6 Å². The van der Waals surface area contributed by atoms with Crippen LogP contribution in [0.15, 0.2) is 24.8 Å². The Labute approximate surface area is 114 Å². The van der Waals surface area contributed by atoms with Gasteiger partial charge in [0, 0.05) is 0 Å². The van der Waals surface area contributed by atoms with Crippen molar-refractivity contribution in [3.05, 3.63) is 24.8 Å². The Morgan fingerprint density at radius 3 is 2.11 bits per heavy atom. The lowest BCUT2D eigenvalue weighted by Gasteiger charge is -2.35. The lowest BCUT2D eigenvalue weighted by Crippen LogP contribution is -2.23. The molecule has 0 radical (unpaired) electrons. The van der Waals surface area contributed by atoms with Crippen LogP contribution < -0.4 is 0 Å². The van der Waals surface area contributed by atoms with Crippen molar-refractivity contribution in [1.29, 1.82) is 0 Å². The number of rotatable bonds is 5. The first kappa shape index (κ1) is 13.9. The summed E-state index contributed by atoms with van der Waals surface area (Å²) in [6.45, 7) is 3.77. The molecule has 2 fully saturated rings. The quantitative estimate of drug-likeness (QED) is 0.419. The first-order valence-corrected chi connectivity index (χ1v) is 8.17. The molecular weight excluding hydrogens is 216 g/mol. The molecule has 0 aromatic rings. The van der Waals surface area contributed by atoms with Gasteiger partial charge in [0.25, 0.3) is 0 Å². The average Bonchev–Trinajstić information content (AvgIpc) is 2.45. The highest BCUT2D eigenvalue weighted by Crippen LogP contribution is 2.40. The van der Waals surface area contributed by atoms with E-state index in [-0.39, 0.29) is 0 Å². The third-order valence-corrected chi connectivity index (χ3v) is 5.08. The van der Waals surface area contributed by atoms with Gasteiger partial charge in [-0.05, 0) is 56.3 Å². The molecule has 0 bridgehead atoms. The predicted octanol–water partition coefficient (Wildman–Crippen LogP) is 5.90. The van der Waals surface area contributed by atoms with Crippen molar-refractivity contribution in [2.75, 3.05) is 0 Å². The summed E-state index contributed by atoms with van der Waals surface area (Å²) in [5.41, 5.74) is 0. The van der Waals surface area contributed by atoms with E-state index in [1.165, 1.54) is 64.2 Å². The molecule has 0 saturated heterocycles. The number of unbranched alkanes of at least 4 members (excludes halogenated alkanes) is 1. The van der Waals surface area contributed by atoms with Crippen molar-refractivity contribution >= 4 is 0 Å². The molecule has 2 rings (SSSR count). The smallest absolute Gasteiger partial charge is 0.0233 e. The minimum absolute atomic E-state index is 0.884. The van der Waals surface area contributed by atoms with Crippen LogP contribution in [0.5, 0.6) is 0 Å². The molecule has 0 aromatic carbocycles. The number of hydrogen-bond donors (Lipinski definition) is 0. The van der Waals surface area contributed by atoms with Crippen molar-refractivity contribution in [3.8, 4) is 0 Å². The second kappa shape index (κ2) is 7.81. The lowest BCUT2D eigenvalue weighted by atomic mass is 9.71. The highest BCUT2D eigenvalue weighted by molar-refractivity contribution is 4.93. The minimum Gasteiger partial charge on any atom is -0.103 e. The number of hydrogen-bond acceptors (Lipinski definition) is 0. The van der Waals surface area contributed by atoms with Crippen molar-refractivity contribution < 1.29 is 0 Å². The van der Waals surface area contributed by atoms with Crippen LogP contribution in [0, 0.1) is 17.8 Å². The van der Waals surface area contributed by atoms with Crippen molar-refractivity contribution in [2.24, 2.45) is 17.8 Å². The van der Waals surface area contributed by atoms with E-state index in [1.807, 2.05) is 6.08 Å². The van der Waals surface area contributed by atoms with Gasteiger partial charge >= 0.3 is 0 Å². The van der Waals surface area contributed by atoms with E-state index in [0.29, 0.717) is 0 Å². The molecule has 0 heteroatoms. The zero-order chi connectivity index (χ0) is 12.6. The first-order valence-electron chi connectivity index (χ1n) is 8.17. The molecule has 2 aliphatic rings. The van der Waals surface area contributed by atoms with Gasteiger partial charge in [-0.3, -0.25) is 0 Å². The lowest BCUT2D eigenvalue weighted by molar-refractivity contribution is 0.180. The summed E-state index contributed by atoms with van der Waals surface area (Å²) in [6.07, 6.45) is 22.7. The van der Waals surface area contributed by atoms with E-state index in [0.717, 1.165) is 24.2 Å². The van der Waals surface area contributed by atoms with Gasteiger partial charge in [0.15, 0.2) is 0 Å². The van der Waals surface area contributed by atoms with Crippen molar-refractivity contribution in [2.45, 2.75) is 70.6 Å². The highest BCUT2D eigenvalue weighted by Gasteiger charge is 2.27. The molecule has 18 heavy (non-hydrogen) atoms. The molecule has 0 aliphatic heterocycles. The van der Waals surface area contributed by atoms with Gasteiger partial charge in [-0.2, -0.15) is 0 Å². The summed E-state index contributed by atoms with van der Waals surface area (Å²) in [6, 6.07) is 0. The van der Waals surface area contributed by atoms with Crippen molar-refractivity contribution in [3.63, 3.8) is 0 Å². The van der Waals surface area contributed by atoms with Gasteiger partial charge in [-0.25, -0.2) is 0 Å². The third-order valence-electron chi connectivity index (χ3n) is 5.08. The maximum atomic E-state index is 3.77. The molecule has 0 aromatic heterocycles. The van der Waals surface area contributed by atoms with Gasteiger partial charge in [0.2, 0.25) is 0 Å². The fraction of sp³-hybridized carbons (Fsp3) is 0.778. The van der Waals surface area contributed by atoms with Crippen molar-refractivity contribution in [1.82, 2.24) is 0 Å². The van der Waals surface area contributed by atoms with E-state index in [1.54, 1.807) is 0 Å². The molecule has 0 nitrogen and oxygen atoms in total. The highest BCUT2D eigenvalue weighted by atomic mass is 14.3. The molecule has 0 amide bonds. The molecular formula is C18H30. The Morgan fingerprint density at radius 1 is 0.778 bits per heavy atom. The molecule has 2 aliphatic carbocycles. The second-order valence-corrected chi connectivity index (χ2v) is 6.37. The van der Waals surface area contributed by atoms with Crippen LogP contribution in [0.4, 0.5) is 0 Å². The Morgan fingerprint density at radius 2 is 1.44 bits per heavy atom. The van der Waals surface area contributed by atoms with Gasteiger partial charge in [-0.15, -0.1) is 6.58 Å². The van der Waals surface area contributed by atoms with Crippen LogP contribution in [-0.2, 0) is 0 Å². The SMILES string of the molecule is C=CCCC=CC1CCC(C2CCCCC2)CC1. The summed E-state index contributed by atoms with van der Waals surface area (Å²) in [7, 11) is 0. The van der Waals surface area contributed by atoms with Gasteiger partial charge < -0.3 is 0 Å². The number of allylic oxidation sites excluding steroid dienone is 3. The molecule has 0 N–H and O–H groups in total. The zero-order valence-corrected chi connectivity index (χ0v) is 11.9. The van der Waals surface area contributed by atoms with Gasteiger partial charge in [0.05, 0.1) is 0 Å². The maximum absolute atomic E-state index is 3.77. The zero-order valence-electron chi connectivity index (χ0n) is 11.9. The fourth-order valence-electron chi connectivity index (χ4n) is 3.92. The van der Waals surface area contributed by atoms with E-state index in [9.17, 15) is 0 Å². The molecule has 0 unspecified atom stereocenters.